The lowest BCUT2D eigenvalue weighted by Gasteiger charge is -2.28. The van der Waals surface area contributed by atoms with E-state index in [1.807, 2.05) is 0 Å². The number of fused-ring (bicyclic) bond motifs is 1. The van der Waals surface area contributed by atoms with Crippen LogP contribution in [0.4, 0.5) is 34.1 Å². The van der Waals surface area contributed by atoms with Crippen LogP contribution in [0, 0.1) is 0 Å². The molecule has 13 aromatic rings. The Kier molecular flexibility index (Phi) is 13.1. The fourth-order valence-electron chi connectivity index (χ4n) is 10.8. The quantitative estimate of drug-likeness (QED) is 0.114. The summed E-state index contributed by atoms with van der Waals surface area (Å²) in [6.07, 6.45) is 0. The molecular weight excluding hydrogens is 941 g/mol. The standard InChI is InChI=1S/C76H54N2/c1-5-18-55(19-6-1)64-28-15-30-66(50-64)61-38-44-71(45-39-61)77(72-46-40-62(41-47-72)67-31-16-29-65(51-67)56-20-7-2-8-21-56)70-42-34-59(35-43-70)60-36-48-73(49-37-60)78(76-33-17-27-63-26-13-14-32-75(63)76)74-53-68(57-22-9-3-10-23-57)52-69(54-74)58-24-11-4-12-25-58/h1-54H. The second-order valence-corrected chi connectivity index (χ2v) is 19.8. The molecule has 13 aromatic carbocycles. The highest BCUT2D eigenvalue weighted by atomic mass is 15.1. The SMILES string of the molecule is c1ccc(-c2cccc(-c3ccc(N(c4ccc(-c5ccc(N(c6cc(-c7ccccc7)cc(-c7ccccc7)c6)c6cccc7ccccc67)cc5)cc4)c4ccc(-c5cccc(-c6ccccc6)c5)cc4)cc3)c2)cc1. The first kappa shape index (κ1) is 47.4. The van der Waals surface area contributed by atoms with Crippen molar-refractivity contribution in [3.8, 4) is 77.9 Å². The molecule has 0 aliphatic carbocycles. The van der Waals surface area contributed by atoms with E-state index in [1.165, 1.54) is 66.4 Å². The third-order valence-electron chi connectivity index (χ3n) is 14.8. The van der Waals surface area contributed by atoms with E-state index in [1.54, 1.807) is 0 Å². The smallest absolute Gasteiger partial charge is 0.0540 e. The van der Waals surface area contributed by atoms with Crippen LogP contribution in [0.25, 0.3) is 88.7 Å². The molecule has 2 heteroatoms. The second kappa shape index (κ2) is 21.5. The number of anilines is 6. The zero-order valence-corrected chi connectivity index (χ0v) is 43.1. The summed E-state index contributed by atoms with van der Waals surface area (Å²) in [6.45, 7) is 0. The predicted molar refractivity (Wildman–Crippen MR) is 331 cm³/mol. The number of rotatable bonds is 13. The third-order valence-corrected chi connectivity index (χ3v) is 14.8. The van der Waals surface area contributed by atoms with Gasteiger partial charge in [-0.3, -0.25) is 0 Å². The van der Waals surface area contributed by atoms with Gasteiger partial charge in [0.2, 0.25) is 0 Å². The first-order chi connectivity index (χ1) is 38.6. The van der Waals surface area contributed by atoms with E-state index in [9.17, 15) is 0 Å². The monoisotopic (exact) mass is 994 g/mol. The van der Waals surface area contributed by atoms with Crippen LogP contribution in [0.2, 0.25) is 0 Å². The minimum absolute atomic E-state index is 1.07. The summed E-state index contributed by atoms with van der Waals surface area (Å²) in [5, 5.41) is 2.39. The summed E-state index contributed by atoms with van der Waals surface area (Å²) in [4.78, 5) is 4.78. The van der Waals surface area contributed by atoms with Gasteiger partial charge < -0.3 is 9.80 Å². The van der Waals surface area contributed by atoms with Gasteiger partial charge in [0.05, 0.1) is 5.69 Å². The van der Waals surface area contributed by atoms with Gasteiger partial charge in [-0.1, -0.05) is 243 Å². The van der Waals surface area contributed by atoms with E-state index in [-0.39, 0.29) is 0 Å². The van der Waals surface area contributed by atoms with Crippen molar-refractivity contribution in [3.63, 3.8) is 0 Å². The molecular formula is C76H54N2. The normalized spacial score (nSPS) is 11.1. The number of hydrogen-bond donors (Lipinski definition) is 0. The molecule has 0 N–H and O–H groups in total. The maximum atomic E-state index is 2.42. The molecule has 368 valence electrons. The van der Waals surface area contributed by atoms with Crippen LogP contribution < -0.4 is 9.80 Å². The molecule has 0 aromatic heterocycles. The van der Waals surface area contributed by atoms with Crippen molar-refractivity contribution in [1.82, 2.24) is 0 Å². The molecule has 0 amide bonds. The van der Waals surface area contributed by atoms with Gasteiger partial charge in [0, 0.05) is 33.8 Å². The minimum Gasteiger partial charge on any atom is -0.311 e. The molecule has 0 aliphatic rings. The van der Waals surface area contributed by atoms with Gasteiger partial charge in [-0.05, 0) is 168 Å². The Labute approximate surface area is 457 Å². The Morgan fingerprint density at radius 1 is 0.154 bits per heavy atom. The van der Waals surface area contributed by atoms with Crippen LogP contribution >= 0.6 is 0 Å². The van der Waals surface area contributed by atoms with E-state index < -0.39 is 0 Å². The Hall–Kier alpha value is -10.3. The Bertz CT molecular complexity index is 3950. The molecule has 0 saturated carbocycles. The van der Waals surface area contributed by atoms with Crippen LogP contribution in [-0.4, -0.2) is 0 Å². The summed E-state index contributed by atoms with van der Waals surface area (Å²) in [7, 11) is 0. The Balaban J connectivity index is 0.856. The van der Waals surface area contributed by atoms with Crippen LogP contribution in [0.15, 0.2) is 328 Å². The lowest BCUT2D eigenvalue weighted by atomic mass is 9.96. The molecule has 0 aliphatic heterocycles. The zero-order chi connectivity index (χ0) is 52.0. The van der Waals surface area contributed by atoms with E-state index in [0.29, 0.717) is 0 Å². The molecule has 0 bridgehead atoms. The van der Waals surface area contributed by atoms with Gasteiger partial charge in [-0.2, -0.15) is 0 Å². The Morgan fingerprint density at radius 2 is 0.423 bits per heavy atom. The zero-order valence-electron chi connectivity index (χ0n) is 43.1. The van der Waals surface area contributed by atoms with Gasteiger partial charge in [0.15, 0.2) is 0 Å². The summed E-state index contributed by atoms with van der Waals surface area (Å²) in [5.41, 5.74) is 23.0. The molecule has 0 saturated heterocycles. The Morgan fingerprint density at radius 3 is 0.821 bits per heavy atom. The van der Waals surface area contributed by atoms with Crippen LogP contribution in [0.5, 0.6) is 0 Å². The fraction of sp³-hybridized carbons (Fsp3) is 0. The average molecular weight is 995 g/mol. The average Bonchev–Trinajstić information content (AvgIpc) is 3.59. The molecule has 2 nitrogen and oxygen atoms in total. The third kappa shape index (κ3) is 9.90. The summed E-state index contributed by atoms with van der Waals surface area (Å²) >= 11 is 0. The van der Waals surface area contributed by atoms with Gasteiger partial charge >= 0.3 is 0 Å². The van der Waals surface area contributed by atoms with E-state index in [2.05, 4.69) is 337 Å². The van der Waals surface area contributed by atoms with Gasteiger partial charge in [0.25, 0.3) is 0 Å². The van der Waals surface area contributed by atoms with Crippen molar-refractivity contribution in [1.29, 1.82) is 0 Å². The molecule has 0 unspecified atom stereocenters. The van der Waals surface area contributed by atoms with Crippen LogP contribution in [0.3, 0.4) is 0 Å². The molecule has 13 rings (SSSR count). The van der Waals surface area contributed by atoms with Crippen molar-refractivity contribution in [2.45, 2.75) is 0 Å². The molecule has 0 radical (unpaired) electrons. The summed E-state index contributed by atoms with van der Waals surface area (Å²) in [6, 6.07) is 118. The van der Waals surface area contributed by atoms with Crippen molar-refractivity contribution in [2.24, 2.45) is 0 Å². The largest absolute Gasteiger partial charge is 0.311 e. The van der Waals surface area contributed by atoms with Gasteiger partial charge in [-0.25, -0.2) is 0 Å². The second-order valence-electron chi connectivity index (χ2n) is 19.8. The molecule has 0 spiro atoms. The highest BCUT2D eigenvalue weighted by Crippen LogP contribution is 2.44. The maximum Gasteiger partial charge on any atom is 0.0540 e. The molecule has 0 fully saturated rings. The first-order valence-electron chi connectivity index (χ1n) is 26.7. The van der Waals surface area contributed by atoms with E-state index in [4.69, 9.17) is 0 Å². The molecule has 0 atom stereocenters. The summed E-state index contributed by atoms with van der Waals surface area (Å²) in [5.74, 6) is 0. The minimum atomic E-state index is 1.07. The van der Waals surface area contributed by atoms with E-state index >= 15 is 0 Å². The number of hydrogen-bond acceptors (Lipinski definition) is 2. The van der Waals surface area contributed by atoms with Crippen LogP contribution in [0.1, 0.15) is 0 Å². The lowest BCUT2D eigenvalue weighted by molar-refractivity contribution is 1.28. The van der Waals surface area contributed by atoms with E-state index in [0.717, 1.165) is 56.4 Å². The van der Waals surface area contributed by atoms with Crippen molar-refractivity contribution < 1.29 is 0 Å². The topological polar surface area (TPSA) is 6.48 Å². The predicted octanol–water partition coefficient (Wildman–Crippen LogP) is 21.4. The highest BCUT2D eigenvalue weighted by molar-refractivity contribution is 6.00. The number of benzene rings is 13. The van der Waals surface area contributed by atoms with Gasteiger partial charge in [-0.15, -0.1) is 0 Å². The van der Waals surface area contributed by atoms with Crippen molar-refractivity contribution in [2.75, 3.05) is 9.80 Å². The lowest BCUT2D eigenvalue weighted by Crippen LogP contribution is -2.11. The first-order valence-corrected chi connectivity index (χ1v) is 26.7. The van der Waals surface area contributed by atoms with Crippen molar-refractivity contribution >= 4 is 44.9 Å². The maximum absolute atomic E-state index is 2.42. The summed E-state index contributed by atoms with van der Waals surface area (Å²) < 4.78 is 0. The highest BCUT2D eigenvalue weighted by Gasteiger charge is 2.19. The molecule has 78 heavy (non-hydrogen) atoms. The molecule has 0 heterocycles. The van der Waals surface area contributed by atoms with Crippen molar-refractivity contribution in [3.05, 3.63) is 328 Å². The van der Waals surface area contributed by atoms with Crippen LogP contribution in [-0.2, 0) is 0 Å². The number of nitrogens with zero attached hydrogens (tertiary/aromatic N) is 2. The fourth-order valence-corrected chi connectivity index (χ4v) is 10.8. The van der Waals surface area contributed by atoms with Gasteiger partial charge in [0.1, 0.15) is 0 Å².